The van der Waals surface area contributed by atoms with Gasteiger partial charge in [0.15, 0.2) is 11.4 Å². The Balaban J connectivity index is 2.45. The number of hydrogen-bond donors (Lipinski definition) is 1. The average Bonchev–Trinajstić information content (AvgIpc) is 2.94. The first-order chi connectivity index (χ1) is 10.5. The molecule has 0 fully saturated rings. The normalized spacial score (nSPS) is 10.6. The maximum Gasteiger partial charge on any atom is 0.392 e. The Morgan fingerprint density at radius 1 is 1.36 bits per heavy atom. The van der Waals surface area contributed by atoms with E-state index in [-0.39, 0.29) is 22.2 Å². The van der Waals surface area contributed by atoms with Crippen molar-refractivity contribution >= 4 is 17.1 Å². The minimum absolute atomic E-state index is 0.0745. The Hall–Kier alpha value is -3.20. The number of carbonyl (C=O) groups is 1. The summed E-state index contributed by atoms with van der Waals surface area (Å²) in [6.45, 7) is 1.60. The fraction of sp³-hybridized carbons (Fsp3) is 0.0625. The first-order valence-electron chi connectivity index (χ1n) is 6.36. The Bertz CT molecular complexity index is 940. The van der Waals surface area contributed by atoms with Crippen LogP contribution in [0.3, 0.4) is 0 Å². The van der Waals surface area contributed by atoms with Gasteiger partial charge in [-0.05, 0) is 18.1 Å². The molecule has 0 unspecified atom stereocenters. The van der Waals surface area contributed by atoms with E-state index in [1.165, 1.54) is 0 Å². The molecule has 0 aliphatic heterocycles. The highest BCUT2D eigenvalue weighted by Crippen LogP contribution is 2.35. The van der Waals surface area contributed by atoms with E-state index in [2.05, 4.69) is 4.98 Å². The lowest BCUT2D eigenvalue weighted by molar-refractivity contribution is 0.0656. The van der Waals surface area contributed by atoms with Gasteiger partial charge < -0.3 is 9.52 Å². The van der Waals surface area contributed by atoms with Crippen molar-refractivity contribution in [1.82, 2.24) is 4.98 Å². The van der Waals surface area contributed by atoms with Gasteiger partial charge in [0.2, 0.25) is 0 Å². The average molecular weight is 296 g/mol. The van der Waals surface area contributed by atoms with Crippen LogP contribution >= 0.6 is 0 Å². The molecule has 0 radical (unpaired) electrons. The van der Waals surface area contributed by atoms with Crippen LogP contribution in [0.15, 0.2) is 34.7 Å². The van der Waals surface area contributed by atoms with Gasteiger partial charge in [0.1, 0.15) is 11.6 Å². The highest BCUT2D eigenvalue weighted by molar-refractivity contribution is 5.93. The fourth-order valence-corrected chi connectivity index (χ4v) is 2.40. The van der Waals surface area contributed by atoms with Crippen molar-refractivity contribution in [2.45, 2.75) is 6.92 Å². The van der Waals surface area contributed by atoms with Gasteiger partial charge in [-0.3, -0.25) is 0 Å². The third-order valence-electron chi connectivity index (χ3n) is 3.39. The molecule has 1 N–H and O–H groups in total. The SMILES string of the molecule is Cc1c(-c2ccccc2)c(F)c2oc(C(=O)O)nc2c1C#N. The second-order valence-electron chi connectivity index (χ2n) is 4.67. The van der Waals surface area contributed by atoms with Crippen molar-refractivity contribution in [2.75, 3.05) is 0 Å². The molecule has 0 aliphatic carbocycles. The predicted molar refractivity (Wildman–Crippen MR) is 75.8 cm³/mol. The number of aromatic nitrogens is 1. The van der Waals surface area contributed by atoms with Crippen LogP contribution < -0.4 is 0 Å². The molecule has 0 aliphatic rings. The summed E-state index contributed by atoms with van der Waals surface area (Å²) in [7, 11) is 0. The fourth-order valence-electron chi connectivity index (χ4n) is 2.40. The van der Waals surface area contributed by atoms with Crippen molar-refractivity contribution in [2.24, 2.45) is 0 Å². The van der Waals surface area contributed by atoms with Crippen LogP contribution in [0.5, 0.6) is 0 Å². The maximum absolute atomic E-state index is 14.8. The maximum atomic E-state index is 14.8. The predicted octanol–water partition coefficient (Wildman–Crippen LogP) is 3.51. The molecule has 2 aromatic carbocycles. The summed E-state index contributed by atoms with van der Waals surface area (Å²) in [6, 6.07) is 10.6. The van der Waals surface area contributed by atoms with Crippen LogP contribution in [0.1, 0.15) is 21.8 Å². The van der Waals surface area contributed by atoms with Gasteiger partial charge in [0.25, 0.3) is 0 Å². The Kier molecular flexibility index (Phi) is 3.11. The van der Waals surface area contributed by atoms with Crippen LogP contribution in [0.25, 0.3) is 22.2 Å². The minimum Gasteiger partial charge on any atom is -0.474 e. The summed E-state index contributed by atoms with van der Waals surface area (Å²) in [5.41, 5.74) is 0.880. The largest absolute Gasteiger partial charge is 0.474 e. The molecule has 0 atom stereocenters. The second-order valence-corrected chi connectivity index (χ2v) is 4.67. The highest BCUT2D eigenvalue weighted by Gasteiger charge is 2.24. The van der Waals surface area contributed by atoms with E-state index in [0.717, 1.165) is 0 Å². The first kappa shape index (κ1) is 13.8. The van der Waals surface area contributed by atoms with E-state index in [4.69, 9.17) is 9.52 Å². The number of nitrogens with zero attached hydrogens (tertiary/aromatic N) is 2. The molecule has 3 rings (SSSR count). The molecule has 0 bridgehead atoms. The summed E-state index contributed by atoms with van der Waals surface area (Å²) in [4.78, 5) is 14.7. The van der Waals surface area contributed by atoms with Crippen molar-refractivity contribution in [3.8, 4) is 17.2 Å². The van der Waals surface area contributed by atoms with E-state index >= 15 is 0 Å². The Morgan fingerprint density at radius 2 is 2.05 bits per heavy atom. The quantitative estimate of drug-likeness (QED) is 0.781. The molecule has 0 saturated carbocycles. The minimum atomic E-state index is -1.42. The molecule has 0 spiro atoms. The van der Waals surface area contributed by atoms with Gasteiger partial charge in [-0.25, -0.2) is 14.2 Å². The number of rotatable bonds is 2. The molecule has 1 aromatic heterocycles. The van der Waals surface area contributed by atoms with Gasteiger partial charge >= 0.3 is 11.9 Å². The number of hydrogen-bond acceptors (Lipinski definition) is 4. The number of nitriles is 1. The lowest BCUT2D eigenvalue weighted by Gasteiger charge is -2.09. The van der Waals surface area contributed by atoms with E-state index in [1.807, 2.05) is 6.07 Å². The molecular formula is C16H9FN2O3. The van der Waals surface area contributed by atoms with E-state index in [9.17, 15) is 14.4 Å². The topological polar surface area (TPSA) is 87.1 Å². The zero-order valence-corrected chi connectivity index (χ0v) is 11.4. The number of carboxylic acids is 1. The molecule has 22 heavy (non-hydrogen) atoms. The van der Waals surface area contributed by atoms with Gasteiger partial charge in [-0.2, -0.15) is 5.26 Å². The van der Waals surface area contributed by atoms with E-state index < -0.39 is 17.7 Å². The number of benzene rings is 2. The zero-order valence-electron chi connectivity index (χ0n) is 11.4. The lowest BCUT2D eigenvalue weighted by Crippen LogP contribution is -1.96. The number of fused-ring (bicyclic) bond motifs is 1. The molecule has 0 saturated heterocycles. The summed E-state index contributed by atoms with van der Waals surface area (Å²) in [6.07, 6.45) is 0. The second kappa shape index (κ2) is 4.97. The Morgan fingerprint density at radius 3 is 2.64 bits per heavy atom. The van der Waals surface area contributed by atoms with E-state index in [0.29, 0.717) is 11.1 Å². The lowest BCUT2D eigenvalue weighted by atomic mass is 9.95. The van der Waals surface area contributed by atoms with Crippen molar-refractivity contribution < 1.29 is 18.7 Å². The summed E-state index contributed by atoms with van der Waals surface area (Å²) in [5, 5.41) is 18.3. The zero-order chi connectivity index (χ0) is 15.9. The van der Waals surface area contributed by atoms with Crippen LogP contribution in [0.2, 0.25) is 0 Å². The highest BCUT2D eigenvalue weighted by atomic mass is 19.1. The van der Waals surface area contributed by atoms with Gasteiger partial charge in [0.05, 0.1) is 5.56 Å². The van der Waals surface area contributed by atoms with Gasteiger partial charge in [-0.1, -0.05) is 30.3 Å². The molecule has 5 nitrogen and oxygen atoms in total. The molecule has 0 amide bonds. The summed E-state index contributed by atoms with van der Waals surface area (Å²) < 4.78 is 19.8. The Labute approximate surface area is 124 Å². The third-order valence-corrected chi connectivity index (χ3v) is 3.39. The van der Waals surface area contributed by atoms with Crippen molar-refractivity contribution in [3.05, 3.63) is 53.2 Å². The number of halogens is 1. The van der Waals surface area contributed by atoms with Crippen LogP contribution in [-0.2, 0) is 0 Å². The van der Waals surface area contributed by atoms with Gasteiger partial charge in [0, 0.05) is 5.56 Å². The molecule has 3 aromatic rings. The summed E-state index contributed by atoms with van der Waals surface area (Å²) in [5.74, 6) is -2.79. The number of carboxylic acid groups (broad SMARTS) is 1. The number of oxazole rings is 1. The molecule has 6 heteroatoms. The molecule has 108 valence electrons. The third kappa shape index (κ3) is 1.91. The van der Waals surface area contributed by atoms with Gasteiger partial charge in [-0.15, -0.1) is 0 Å². The van der Waals surface area contributed by atoms with Crippen LogP contribution in [-0.4, -0.2) is 16.1 Å². The van der Waals surface area contributed by atoms with Crippen LogP contribution in [0, 0.1) is 24.1 Å². The molecular weight excluding hydrogens is 287 g/mol. The number of aromatic carboxylic acids is 1. The monoisotopic (exact) mass is 296 g/mol. The summed E-state index contributed by atoms with van der Waals surface area (Å²) >= 11 is 0. The standard InChI is InChI=1S/C16H9FN2O3/c1-8-10(7-18)13-14(22-15(19-13)16(20)21)12(17)11(8)9-5-3-2-4-6-9/h2-6H,1H3,(H,20,21). The van der Waals surface area contributed by atoms with Crippen molar-refractivity contribution in [1.29, 1.82) is 5.26 Å². The van der Waals surface area contributed by atoms with Crippen molar-refractivity contribution in [3.63, 3.8) is 0 Å². The smallest absolute Gasteiger partial charge is 0.392 e. The first-order valence-corrected chi connectivity index (χ1v) is 6.36. The van der Waals surface area contributed by atoms with Crippen LogP contribution in [0.4, 0.5) is 4.39 Å². The van der Waals surface area contributed by atoms with E-state index in [1.54, 1.807) is 37.3 Å². The molecule has 1 heterocycles.